The van der Waals surface area contributed by atoms with Crippen LogP contribution in [0.4, 0.5) is 0 Å². The van der Waals surface area contributed by atoms with Crippen LogP contribution in [0.5, 0.6) is 0 Å². The smallest absolute Gasteiger partial charge is 0.236 e. The zero-order chi connectivity index (χ0) is 18.4. The third-order valence-corrected chi connectivity index (χ3v) is 5.10. The summed E-state index contributed by atoms with van der Waals surface area (Å²) in [4.78, 5) is 19.2. The van der Waals surface area contributed by atoms with Gasteiger partial charge in [-0.1, -0.05) is 45.0 Å². The number of hydrogen-bond acceptors (Lipinski definition) is 3. The Bertz CT molecular complexity index is 557. The fraction of sp³-hybridized carbons (Fsp3) is 0.667. The number of carbonyl (C=O) groups excluding carboxylic acids is 1. The number of likely N-dealkylation sites (N-methyl/N-ethyl adjacent to an activating group) is 1. The number of hydrogen-bond donors (Lipinski definition) is 0. The highest BCUT2D eigenvalue weighted by Gasteiger charge is 2.21. The van der Waals surface area contributed by atoms with Gasteiger partial charge in [0.15, 0.2) is 0 Å². The van der Waals surface area contributed by atoms with Crippen LogP contribution in [0.2, 0.25) is 0 Å². The molecule has 0 saturated carbocycles. The Morgan fingerprint density at radius 3 is 2.28 bits per heavy atom. The molecule has 1 heterocycles. The zero-order valence-electron chi connectivity index (χ0n) is 16.7. The minimum Gasteiger partial charge on any atom is -0.340 e. The first-order chi connectivity index (χ1) is 11.7. The molecule has 0 atom stereocenters. The van der Waals surface area contributed by atoms with Gasteiger partial charge in [0.2, 0.25) is 5.91 Å². The second kappa shape index (κ2) is 8.81. The van der Waals surface area contributed by atoms with E-state index in [1.165, 1.54) is 24.1 Å². The van der Waals surface area contributed by atoms with Crippen LogP contribution >= 0.6 is 0 Å². The van der Waals surface area contributed by atoms with Gasteiger partial charge in [-0.05, 0) is 36.4 Å². The lowest BCUT2D eigenvalue weighted by Gasteiger charge is -2.36. The van der Waals surface area contributed by atoms with Gasteiger partial charge in [-0.25, -0.2) is 0 Å². The number of amides is 1. The standard InChI is InChI=1S/C21H35N3O/c1-18-8-6-7-9-19(18)16-22(5)20(25)17-24-14-12-23(13-15-24)11-10-21(2,3)4/h6-9H,10-17H2,1-5H3. The fourth-order valence-electron chi connectivity index (χ4n) is 3.11. The van der Waals surface area contributed by atoms with Crippen LogP contribution in [0, 0.1) is 12.3 Å². The topological polar surface area (TPSA) is 26.8 Å². The van der Waals surface area contributed by atoms with Gasteiger partial charge in [0.05, 0.1) is 6.54 Å². The van der Waals surface area contributed by atoms with Gasteiger partial charge in [-0.15, -0.1) is 0 Å². The lowest BCUT2D eigenvalue weighted by atomic mass is 9.92. The van der Waals surface area contributed by atoms with Gasteiger partial charge < -0.3 is 9.80 Å². The van der Waals surface area contributed by atoms with Crippen LogP contribution in [0.3, 0.4) is 0 Å². The molecule has 140 valence electrons. The predicted molar refractivity (Wildman–Crippen MR) is 105 cm³/mol. The second-order valence-corrected chi connectivity index (χ2v) is 8.60. The van der Waals surface area contributed by atoms with Crippen molar-refractivity contribution in [2.24, 2.45) is 5.41 Å². The van der Waals surface area contributed by atoms with Gasteiger partial charge in [0.25, 0.3) is 0 Å². The maximum Gasteiger partial charge on any atom is 0.236 e. The highest BCUT2D eigenvalue weighted by molar-refractivity contribution is 5.78. The second-order valence-electron chi connectivity index (χ2n) is 8.60. The molecule has 4 heteroatoms. The van der Waals surface area contributed by atoms with E-state index in [1.807, 2.05) is 24.1 Å². The van der Waals surface area contributed by atoms with Crippen LogP contribution in [0.25, 0.3) is 0 Å². The Balaban J connectivity index is 1.74. The van der Waals surface area contributed by atoms with Gasteiger partial charge in [0.1, 0.15) is 0 Å². The third kappa shape index (κ3) is 6.79. The first-order valence-electron chi connectivity index (χ1n) is 9.48. The molecule has 1 amide bonds. The highest BCUT2D eigenvalue weighted by atomic mass is 16.2. The summed E-state index contributed by atoms with van der Waals surface area (Å²) in [5.41, 5.74) is 2.87. The first-order valence-corrected chi connectivity index (χ1v) is 9.48. The molecule has 0 aromatic heterocycles. The van der Waals surface area contributed by atoms with Crippen LogP contribution < -0.4 is 0 Å². The highest BCUT2D eigenvalue weighted by Crippen LogP contribution is 2.19. The molecule has 1 fully saturated rings. The minimum atomic E-state index is 0.214. The maximum atomic E-state index is 12.5. The number of piperazine rings is 1. The van der Waals surface area contributed by atoms with Crippen molar-refractivity contribution in [1.82, 2.24) is 14.7 Å². The SMILES string of the molecule is Cc1ccccc1CN(C)C(=O)CN1CCN(CCC(C)(C)C)CC1. The Labute approximate surface area is 153 Å². The Hall–Kier alpha value is -1.39. The van der Waals surface area contributed by atoms with Crippen molar-refractivity contribution in [2.45, 2.75) is 40.7 Å². The summed E-state index contributed by atoms with van der Waals surface area (Å²) in [5, 5.41) is 0. The molecular formula is C21H35N3O. The molecule has 0 aliphatic carbocycles. The van der Waals surface area contributed by atoms with Crippen LogP contribution in [-0.2, 0) is 11.3 Å². The normalized spacial score (nSPS) is 16.8. The molecule has 0 unspecified atom stereocenters. The molecule has 0 N–H and O–H groups in total. The molecule has 25 heavy (non-hydrogen) atoms. The van der Waals surface area contributed by atoms with E-state index >= 15 is 0 Å². The number of carbonyl (C=O) groups is 1. The molecule has 1 aliphatic heterocycles. The fourth-order valence-corrected chi connectivity index (χ4v) is 3.11. The van der Waals surface area contributed by atoms with Crippen LogP contribution in [0.15, 0.2) is 24.3 Å². The lowest BCUT2D eigenvalue weighted by molar-refractivity contribution is -0.132. The molecular weight excluding hydrogens is 310 g/mol. The molecule has 2 rings (SSSR count). The van der Waals surface area contributed by atoms with Gasteiger partial charge in [0, 0.05) is 39.8 Å². The van der Waals surface area contributed by atoms with Crippen molar-refractivity contribution in [3.05, 3.63) is 35.4 Å². The Morgan fingerprint density at radius 1 is 1.08 bits per heavy atom. The maximum absolute atomic E-state index is 12.5. The van der Waals surface area contributed by atoms with E-state index < -0.39 is 0 Å². The summed E-state index contributed by atoms with van der Waals surface area (Å²) < 4.78 is 0. The van der Waals surface area contributed by atoms with Gasteiger partial charge >= 0.3 is 0 Å². The molecule has 4 nitrogen and oxygen atoms in total. The first kappa shape index (κ1) is 19.9. The van der Waals surface area contributed by atoms with E-state index in [-0.39, 0.29) is 5.91 Å². The van der Waals surface area contributed by atoms with Crippen LogP contribution in [-0.4, -0.2) is 66.9 Å². The third-order valence-electron chi connectivity index (χ3n) is 5.10. The largest absolute Gasteiger partial charge is 0.340 e. The molecule has 1 aromatic rings. The minimum absolute atomic E-state index is 0.214. The number of nitrogens with zero attached hydrogens (tertiary/aromatic N) is 3. The molecule has 1 saturated heterocycles. The zero-order valence-corrected chi connectivity index (χ0v) is 16.7. The average Bonchev–Trinajstić information content (AvgIpc) is 2.55. The summed E-state index contributed by atoms with van der Waals surface area (Å²) >= 11 is 0. The van der Waals surface area contributed by atoms with Crippen molar-refractivity contribution in [3.63, 3.8) is 0 Å². The van der Waals surface area contributed by atoms with Crippen molar-refractivity contribution in [2.75, 3.05) is 46.3 Å². The van der Waals surface area contributed by atoms with E-state index in [4.69, 9.17) is 0 Å². The number of benzene rings is 1. The van der Waals surface area contributed by atoms with Crippen molar-refractivity contribution in [1.29, 1.82) is 0 Å². The molecule has 0 spiro atoms. The predicted octanol–water partition coefficient (Wildman–Crippen LogP) is 3.01. The van der Waals surface area contributed by atoms with Crippen molar-refractivity contribution in [3.8, 4) is 0 Å². The molecule has 1 aromatic carbocycles. The van der Waals surface area contributed by atoms with E-state index in [0.717, 1.165) is 26.2 Å². The summed E-state index contributed by atoms with van der Waals surface area (Å²) in [7, 11) is 1.91. The van der Waals surface area contributed by atoms with E-state index in [0.29, 0.717) is 18.5 Å². The lowest BCUT2D eigenvalue weighted by Crippen LogP contribution is -2.50. The van der Waals surface area contributed by atoms with Crippen molar-refractivity contribution >= 4 is 5.91 Å². The Morgan fingerprint density at radius 2 is 1.68 bits per heavy atom. The summed E-state index contributed by atoms with van der Waals surface area (Å²) in [6.07, 6.45) is 1.23. The van der Waals surface area contributed by atoms with E-state index in [9.17, 15) is 4.79 Å². The van der Waals surface area contributed by atoms with E-state index in [1.54, 1.807) is 0 Å². The average molecular weight is 346 g/mol. The number of aryl methyl sites for hydroxylation is 1. The summed E-state index contributed by atoms with van der Waals surface area (Å²) in [5.74, 6) is 0.214. The van der Waals surface area contributed by atoms with Gasteiger partial charge in [-0.3, -0.25) is 9.69 Å². The monoisotopic (exact) mass is 345 g/mol. The van der Waals surface area contributed by atoms with Crippen molar-refractivity contribution < 1.29 is 4.79 Å². The van der Waals surface area contributed by atoms with Crippen LogP contribution in [0.1, 0.15) is 38.3 Å². The Kier molecular flexibility index (Phi) is 7.03. The van der Waals surface area contributed by atoms with E-state index in [2.05, 4.69) is 49.6 Å². The number of rotatable bonds is 6. The quantitative estimate of drug-likeness (QED) is 0.793. The molecule has 1 aliphatic rings. The molecule has 0 bridgehead atoms. The molecule has 0 radical (unpaired) electrons. The van der Waals surface area contributed by atoms with Gasteiger partial charge in [-0.2, -0.15) is 0 Å². The summed E-state index contributed by atoms with van der Waals surface area (Å²) in [6.45, 7) is 15.5. The summed E-state index contributed by atoms with van der Waals surface area (Å²) in [6, 6.07) is 8.29.